The van der Waals surface area contributed by atoms with Gasteiger partial charge in [-0.05, 0) is 48.4 Å². The Kier molecular flexibility index (Phi) is 3.36. The molecule has 2 aromatic carbocycles. The summed E-state index contributed by atoms with van der Waals surface area (Å²) in [6.07, 6.45) is 1.21. The number of aryl methyl sites for hydroxylation is 1. The van der Waals surface area contributed by atoms with E-state index in [1.165, 1.54) is 23.9 Å². The zero-order valence-corrected chi connectivity index (χ0v) is 11.5. The molecule has 3 rings (SSSR count). The van der Waals surface area contributed by atoms with Crippen LogP contribution in [0.3, 0.4) is 0 Å². The van der Waals surface area contributed by atoms with Crippen LogP contribution in [0.1, 0.15) is 12.0 Å². The van der Waals surface area contributed by atoms with E-state index in [0.717, 1.165) is 21.0 Å². The maximum Gasteiger partial charge on any atom is 0.224 e. The minimum Gasteiger partial charge on any atom is -0.398 e. The number of nitrogen functional groups attached to an aromatic ring is 1. The van der Waals surface area contributed by atoms with E-state index in [-0.39, 0.29) is 11.7 Å². The highest BCUT2D eigenvalue weighted by atomic mass is 32.2. The fraction of sp³-hybridized carbons (Fsp3) is 0.133. The Hall–Kier alpha value is -2.01. The third-order valence-electron chi connectivity index (χ3n) is 3.17. The fourth-order valence-electron chi connectivity index (χ4n) is 2.15. The number of nitrogens with one attached hydrogen (secondary N) is 1. The molecular formula is C15H13FN2OS. The Morgan fingerprint density at radius 1 is 1.15 bits per heavy atom. The van der Waals surface area contributed by atoms with E-state index < -0.39 is 0 Å². The third kappa shape index (κ3) is 2.63. The summed E-state index contributed by atoms with van der Waals surface area (Å²) in [7, 11) is 0. The summed E-state index contributed by atoms with van der Waals surface area (Å²) >= 11 is 1.45. The van der Waals surface area contributed by atoms with Crippen LogP contribution in [0.15, 0.2) is 46.2 Å². The van der Waals surface area contributed by atoms with Crippen LogP contribution in [0.2, 0.25) is 0 Å². The first-order chi connectivity index (χ1) is 9.61. The summed E-state index contributed by atoms with van der Waals surface area (Å²) in [5.41, 5.74) is 8.60. The van der Waals surface area contributed by atoms with Crippen molar-refractivity contribution in [3.8, 4) is 0 Å². The first kappa shape index (κ1) is 13.0. The quantitative estimate of drug-likeness (QED) is 0.832. The SMILES string of the molecule is Nc1cc2c(cc1Sc1ccc(F)cc1)NC(=O)CC2. The van der Waals surface area contributed by atoms with Gasteiger partial charge in [0.15, 0.2) is 0 Å². The number of anilines is 2. The van der Waals surface area contributed by atoms with Crippen LogP contribution in [0.4, 0.5) is 15.8 Å². The third-order valence-corrected chi connectivity index (χ3v) is 4.25. The van der Waals surface area contributed by atoms with Gasteiger partial charge in [0.2, 0.25) is 5.91 Å². The Morgan fingerprint density at radius 2 is 1.90 bits per heavy atom. The number of fused-ring (bicyclic) bond motifs is 1. The first-order valence-corrected chi connectivity index (χ1v) is 7.09. The highest BCUT2D eigenvalue weighted by molar-refractivity contribution is 7.99. The topological polar surface area (TPSA) is 55.1 Å². The second-order valence-electron chi connectivity index (χ2n) is 4.65. The van der Waals surface area contributed by atoms with Gasteiger partial charge in [-0.1, -0.05) is 11.8 Å². The second kappa shape index (κ2) is 5.17. The number of benzene rings is 2. The maximum atomic E-state index is 12.9. The molecule has 0 aromatic heterocycles. The smallest absolute Gasteiger partial charge is 0.224 e. The van der Waals surface area contributed by atoms with Gasteiger partial charge in [0, 0.05) is 27.6 Å². The maximum absolute atomic E-state index is 12.9. The standard InChI is InChI=1S/C15H13FN2OS/c16-10-2-4-11(5-3-10)20-14-8-13-9(7-12(14)17)1-6-15(19)18-13/h2-5,7-8H,1,6,17H2,(H,18,19). The van der Waals surface area contributed by atoms with Gasteiger partial charge in [-0.2, -0.15) is 0 Å². The molecule has 20 heavy (non-hydrogen) atoms. The number of amides is 1. The lowest BCUT2D eigenvalue weighted by Gasteiger charge is -2.19. The van der Waals surface area contributed by atoms with Crippen molar-refractivity contribution in [2.75, 3.05) is 11.1 Å². The Bertz CT molecular complexity index is 670. The van der Waals surface area contributed by atoms with E-state index in [0.29, 0.717) is 18.5 Å². The summed E-state index contributed by atoms with van der Waals surface area (Å²) in [5.74, 6) is -0.236. The molecule has 3 N–H and O–H groups in total. The highest BCUT2D eigenvalue weighted by Gasteiger charge is 2.17. The Labute approximate surface area is 120 Å². The Balaban J connectivity index is 1.91. The van der Waals surface area contributed by atoms with E-state index in [1.807, 2.05) is 12.1 Å². The van der Waals surface area contributed by atoms with Crippen LogP contribution in [0.5, 0.6) is 0 Å². The minimum absolute atomic E-state index is 0.0278. The zero-order chi connectivity index (χ0) is 14.1. The van der Waals surface area contributed by atoms with E-state index >= 15 is 0 Å². The lowest BCUT2D eigenvalue weighted by Crippen LogP contribution is -2.19. The van der Waals surface area contributed by atoms with Crippen LogP contribution < -0.4 is 11.1 Å². The lowest BCUT2D eigenvalue weighted by molar-refractivity contribution is -0.116. The van der Waals surface area contributed by atoms with Crippen LogP contribution in [0.25, 0.3) is 0 Å². The molecule has 0 spiro atoms. The molecule has 0 saturated carbocycles. The molecule has 0 radical (unpaired) electrons. The van der Waals surface area contributed by atoms with Crippen LogP contribution in [-0.4, -0.2) is 5.91 Å². The van der Waals surface area contributed by atoms with E-state index in [2.05, 4.69) is 5.32 Å². The zero-order valence-electron chi connectivity index (χ0n) is 10.7. The molecular weight excluding hydrogens is 275 g/mol. The average Bonchev–Trinajstić information content (AvgIpc) is 2.42. The predicted molar refractivity (Wildman–Crippen MR) is 78.3 cm³/mol. The lowest BCUT2D eigenvalue weighted by atomic mass is 10.0. The Morgan fingerprint density at radius 3 is 2.65 bits per heavy atom. The van der Waals surface area contributed by atoms with Crippen molar-refractivity contribution in [2.24, 2.45) is 0 Å². The summed E-state index contributed by atoms with van der Waals surface area (Å²) in [5, 5.41) is 2.85. The molecule has 2 aromatic rings. The van der Waals surface area contributed by atoms with Crippen LogP contribution in [-0.2, 0) is 11.2 Å². The molecule has 102 valence electrons. The molecule has 1 aliphatic heterocycles. The molecule has 5 heteroatoms. The first-order valence-electron chi connectivity index (χ1n) is 6.27. The second-order valence-corrected chi connectivity index (χ2v) is 5.77. The van der Waals surface area contributed by atoms with Crippen LogP contribution >= 0.6 is 11.8 Å². The largest absolute Gasteiger partial charge is 0.398 e. The summed E-state index contributed by atoms with van der Waals surface area (Å²) in [6.45, 7) is 0. The number of halogens is 1. The predicted octanol–water partition coefficient (Wildman–Crippen LogP) is 3.44. The number of hydrogen-bond acceptors (Lipinski definition) is 3. The number of hydrogen-bond donors (Lipinski definition) is 2. The molecule has 3 nitrogen and oxygen atoms in total. The van der Waals surface area contributed by atoms with Crippen molar-refractivity contribution in [3.05, 3.63) is 47.8 Å². The molecule has 0 fully saturated rings. The average molecular weight is 288 g/mol. The van der Waals surface area contributed by atoms with Crippen molar-refractivity contribution in [3.63, 3.8) is 0 Å². The molecule has 1 heterocycles. The summed E-state index contributed by atoms with van der Waals surface area (Å²) in [4.78, 5) is 13.2. The number of nitrogens with two attached hydrogens (primary N) is 1. The summed E-state index contributed by atoms with van der Waals surface area (Å²) in [6, 6.07) is 10.0. The van der Waals surface area contributed by atoms with Gasteiger partial charge in [-0.3, -0.25) is 4.79 Å². The van der Waals surface area contributed by atoms with Gasteiger partial charge >= 0.3 is 0 Å². The molecule has 0 atom stereocenters. The number of carbonyl (C=O) groups is 1. The van der Waals surface area contributed by atoms with Gasteiger partial charge in [0.05, 0.1) is 0 Å². The van der Waals surface area contributed by atoms with Crippen molar-refractivity contribution in [1.29, 1.82) is 0 Å². The van der Waals surface area contributed by atoms with Crippen LogP contribution in [0, 0.1) is 5.82 Å². The van der Waals surface area contributed by atoms with Gasteiger partial charge in [-0.25, -0.2) is 4.39 Å². The van der Waals surface area contributed by atoms with Crippen molar-refractivity contribution in [1.82, 2.24) is 0 Å². The highest BCUT2D eigenvalue weighted by Crippen LogP contribution is 2.37. The fourth-order valence-corrected chi connectivity index (χ4v) is 3.03. The van der Waals surface area contributed by atoms with E-state index in [1.54, 1.807) is 12.1 Å². The van der Waals surface area contributed by atoms with Crippen molar-refractivity contribution < 1.29 is 9.18 Å². The van der Waals surface area contributed by atoms with E-state index in [9.17, 15) is 9.18 Å². The van der Waals surface area contributed by atoms with Gasteiger partial charge in [-0.15, -0.1) is 0 Å². The van der Waals surface area contributed by atoms with Crippen molar-refractivity contribution in [2.45, 2.75) is 22.6 Å². The molecule has 0 bridgehead atoms. The monoisotopic (exact) mass is 288 g/mol. The molecule has 0 aliphatic carbocycles. The van der Waals surface area contributed by atoms with Gasteiger partial charge in [0.1, 0.15) is 5.82 Å². The van der Waals surface area contributed by atoms with Gasteiger partial charge in [0.25, 0.3) is 0 Å². The normalized spacial score (nSPS) is 13.8. The number of rotatable bonds is 2. The minimum atomic E-state index is -0.264. The molecule has 0 unspecified atom stereocenters. The van der Waals surface area contributed by atoms with Gasteiger partial charge < -0.3 is 11.1 Å². The summed E-state index contributed by atoms with van der Waals surface area (Å²) < 4.78 is 12.9. The molecule has 1 amide bonds. The van der Waals surface area contributed by atoms with Crippen molar-refractivity contribution >= 4 is 29.0 Å². The number of carbonyl (C=O) groups excluding carboxylic acids is 1. The molecule has 1 aliphatic rings. The molecule has 0 saturated heterocycles. The van der Waals surface area contributed by atoms with E-state index in [4.69, 9.17) is 5.73 Å².